The van der Waals surface area contributed by atoms with Gasteiger partial charge in [-0.1, -0.05) is 53.9 Å². The third kappa shape index (κ3) is 6.05. The van der Waals surface area contributed by atoms with Gasteiger partial charge in [0, 0.05) is 55.5 Å². The van der Waals surface area contributed by atoms with E-state index in [0.29, 0.717) is 27.3 Å². The van der Waals surface area contributed by atoms with Gasteiger partial charge in [-0.2, -0.15) is 0 Å². The first-order valence-corrected chi connectivity index (χ1v) is 12.6. The second-order valence-electron chi connectivity index (χ2n) is 8.41. The van der Waals surface area contributed by atoms with Gasteiger partial charge in [-0.05, 0) is 42.3 Å². The SMILES string of the molecule is CCCNC(=O)c1cn(CCN2CCN(c3ccc(Cl)cc3Cl)[C@H](c3ccc(Cl)cc3)C2)cn1. The highest BCUT2D eigenvalue weighted by atomic mass is 35.5. The van der Waals surface area contributed by atoms with Crippen LogP contribution in [0.25, 0.3) is 0 Å². The van der Waals surface area contributed by atoms with Crippen molar-refractivity contribution in [3.63, 3.8) is 0 Å². The molecule has 34 heavy (non-hydrogen) atoms. The molecular formula is C25H28Cl3N5O. The zero-order valence-electron chi connectivity index (χ0n) is 19.1. The van der Waals surface area contributed by atoms with Gasteiger partial charge in [-0.25, -0.2) is 4.98 Å². The third-order valence-electron chi connectivity index (χ3n) is 6.01. The molecule has 0 aliphatic carbocycles. The zero-order valence-corrected chi connectivity index (χ0v) is 21.3. The van der Waals surface area contributed by atoms with Crippen molar-refractivity contribution in [2.75, 3.05) is 37.6 Å². The Labute approximate surface area is 215 Å². The lowest BCUT2D eigenvalue weighted by molar-refractivity contribution is 0.0949. The number of carbonyl (C=O) groups is 1. The number of aromatic nitrogens is 2. The van der Waals surface area contributed by atoms with Crippen molar-refractivity contribution in [2.24, 2.45) is 0 Å². The van der Waals surface area contributed by atoms with Gasteiger partial charge in [0.25, 0.3) is 5.91 Å². The first-order chi connectivity index (χ1) is 16.4. The minimum absolute atomic E-state index is 0.114. The Hall–Kier alpha value is -2.25. The van der Waals surface area contributed by atoms with Gasteiger partial charge in [0.05, 0.1) is 23.1 Å². The summed E-state index contributed by atoms with van der Waals surface area (Å²) in [6.07, 6.45) is 4.43. The molecule has 1 aromatic heterocycles. The van der Waals surface area contributed by atoms with Crippen molar-refractivity contribution < 1.29 is 4.79 Å². The molecule has 1 atom stereocenters. The second-order valence-corrected chi connectivity index (χ2v) is 9.69. The van der Waals surface area contributed by atoms with Crippen LogP contribution in [0.2, 0.25) is 15.1 Å². The van der Waals surface area contributed by atoms with Gasteiger partial charge in [0.15, 0.2) is 0 Å². The van der Waals surface area contributed by atoms with E-state index in [-0.39, 0.29) is 11.9 Å². The van der Waals surface area contributed by atoms with E-state index in [9.17, 15) is 4.79 Å². The van der Waals surface area contributed by atoms with Crippen LogP contribution in [0, 0.1) is 0 Å². The molecule has 1 amide bonds. The summed E-state index contributed by atoms with van der Waals surface area (Å²) in [7, 11) is 0. The molecule has 6 nitrogen and oxygen atoms in total. The lowest BCUT2D eigenvalue weighted by atomic mass is 10.0. The summed E-state index contributed by atoms with van der Waals surface area (Å²) in [5.74, 6) is -0.128. The maximum absolute atomic E-state index is 12.1. The quantitative estimate of drug-likeness (QED) is 0.423. The molecule has 1 aliphatic heterocycles. The lowest BCUT2D eigenvalue weighted by Gasteiger charge is -2.43. The number of carbonyl (C=O) groups excluding carboxylic acids is 1. The van der Waals surface area contributed by atoms with Crippen LogP contribution in [0.15, 0.2) is 55.0 Å². The van der Waals surface area contributed by atoms with Crippen LogP contribution in [0.5, 0.6) is 0 Å². The van der Waals surface area contributed by atoms with E-state index in [2.05, 4.69) is 32.2 Å². The lowest BCUT2D eigenvalue weighted by Crippen LogP contribution is -2.49. The summed E-state index contributed by atoms with van der Waals surface area (Å²) in [5, 5.41) is 4.85. The Morgan fingerprint density at radius 2 is 1.82 bits per heavy atom. The van der Waals surface area contributed by atoms with E-state index < -0.39 is 0 Å². The average Bonchev–Trinajstić information content (AvgIpc) is 3.31. The predicted molar refractivity (Wildman–Crippen MR) is 139 cm³/mol. The molecule has 1 aliphatic rings. The summed E-state index contributed by atoms with van der Waals surface area (Å²) in [5.41, 5.74) is 2.61. The monoisotopic (exact) mass is 519 g/mol. The van der Waals surface area contributed by atoms with Gasteiger partial charge in [-0.15, -0.1) is 0 Å². The van der Waals surface area contributed by atoms with Crippen molar-refractivity contribution in [2.45, 2.75) is 25.9 Å². The molecule has 1 fully saturated rings. The van der Waals surface area contributed by atoms with Crippen LogP contribution < -0.4 is 10.2 Å². The molecule has 2 aromatic carbocycles. The number of nitrogens with zero attached hydrogens (tertiary/aromatic N) is 4. The van der Waals surface area contributed by atoms with Crippen molar-refractivity contribution in [3.05, 3.63) is 81.3 Å². The highest BCUT2D eigenvalue weighted by Gasteiger charge is 2.29. The fraction of sp³-hybridized carbons (Fsp3) is 0.360. The number of benzene rings is 2. The largest absolute Gasteiger partial charge is 0.361 e. The van der Waals surface area contributed by atoms with E-state index >= 15 is 0 Å². The number of imidazole rings is 1. The zero-order chi connectivity index (χ0) is 24.1. The normalized spacial score (nSPS) is 16.6. The van der Waals surface area contributed by atoms with Crippen LogP contribution in [-0.2, 0) is 6.54 Å². The molecule has 180 valence electrons. The molecule has 0 bridgehead atoms. The van der Waals surface area contributed by atoms with Crippen molar-refractivity contribution in [3.8, 4) is 0 Å². The maximum Gasteiger partial charge on any atom is 0.271 e. The van der Waals surface area contributed by atoms with Gasteiger partial charge < -0.3 is 14.8 Å². The number of rotatable bonds is 8. The summed E-state index contributed by atoms with van der Waals surface area (Å²) in [6.45, 7) is 6.82. The Balaban J connectivity index is 1.46. The van der Waals surface area contributed by atoms with Crippen molar-refractivity contribution in [1.29, 1.82) is 0 Å². The van der Waals surface area contributed by atoms with E-state index in [1.165, 1.54) is 5.56 Å². The predicted octanol–water partition coefficient (Wildman–Crippen LogP) is 5.55. The standard InChI is InChI=1S/C25H28Cl3N5O/c1-2-9-29-25(34)22-15-32(17-30-22)11-10-31-12-13-33(23-8-7-20(27)14-21(23)28)24(16-31)18-3-5-19(26)6-4-18/h3-8,14-15,17,24H,2,9-13,16H2,1H3,(H,29,34)/t24-/m0/s1. The molecule has 0 unspecified atom stereocenters. The molecule has 0 saturated carbocycles. The Morgan fingerprint density at radius 1 is 1.06 bits per heavy atom. The maximum atomic E-state index is 12.1. The Bertz CT molecular complexity index is 1120. The number of halogens is 3. The summed E-state index contributed by atoms with van der Waals surface area (Å²) in [4.78, 5) is 21.2. The number of amides is 1. The summed E-state index contributed by atoms with van der Waals surface area (Å²) in [6, 6.07) is 13.8. The third-order valence-corrected chi connectivity index (χ3v) is 6.80. The van der Waals surface area contributed by atoms with E-state index in [1.807, 2.05) is 42.0 Å². The van der Waals surface area contributed by atoms with Crippen molar-refractivity contribution >= 4 is 46.4 Å². The van der Waals surface area contributed by atoms with Gasteiger partial charge in [-0.3, -0.25) is 9.69 Å². The highest BCUT2D eigenvalue weighted by molar-refractivity contribution is 6.36. The molecule has 3 aromatic rings. The van der Waals surface area contributed by atoms with E-state index in [4.69, 9.17) is 34.8 Å². The Morgan fingerprint density at radius 3 is 2.56 bits per heavy atom. The molecule has 2 heterocycles. The number of hydrogen-bond acceptors (Lipinski definition) is 4. The molecule has 0 radical (unpaired) electrons. The van der Waals surface area contributed by atoms with E-state index in [1.54, 1.807) is 12.4 Å². The smallest absolute Gasteiger partial charge is 0.271 e. The van der Waals surface area contributed by atoms with Gasteiger partial charge in [0.1, 0.15) is 5.69 Å². The van der Waals surface area contributed by atoms with Crippen LogP contribution in [0.4, 0.5) is 5.69 Å². The number of nitrogens with one attached hydrogen (secondary N) is 1. The molecule has 1 N–H and O–H groups in total. The average molecular weight is 521 g/mol. The van der Waals surface area contributed by atoms with Crippen LogP contribution >= 0.6 is 34.8 Å². The second kappa shape index (κ2) is 11.5. The molecule has 0 spiro atoms. The van der Waals surface area contributed by atoms with Crippen LogP contribution in [0.1, 0.15) is 35.4 Å². The number of anilines is 1. The fourth-order valence-corrected chi connectivity index (χ4v) is 4.84. The molecule has 4 rings (SSSR count). The first kappa shape index (κ1) is 24.9. The fourth-order valence-electron chi connectivity index (χ4n) is 4.20. The van der Waals surface area contributed by atoms with Crippen LogP contribution in [0.3, 0.4) is 0 Å². The summed E-state index contributed by atoms with van der Waals surface area (Å²) < 4.78 is 1.97. The minimum atomic E-state index is -0.128. The van der Waals surface area contributed by atoms with Gasteiger partial charge >= 0.3 is 0 Å². The van der Waals surface area contributed by atoms with Crippen LogP contribution in [-0.4, -0.2) is 53.1 Å². The summed E-state index contributed by atoms with van der Waals surface area (Å²) >= 11 is 18.9. The number of hydrogen-bond donors (Lipinski definition) is 1. The molecular weight excluding hydrogens is 493 g/mol. The Kier molecular flexibility index (Phi) is 8.37. The highest BCUT2D eigenvalue weighted by Crippen LogP contribution is 2.36. The topological polar surface area (TPSA) is 53.4 Å². The van der Waals surface area contributed by atoms with Gasteiger partial charge in [0.2, 0.25) is 0 Å². The van der Waals surface area contributed by atoms with E-state index in [0.717, 1.165) is 44.8 Å². The number of piperazine rings is 1. The molecule has 1 saturated heterocycles. The van der Waals surface area contributed by atoms with Crippen molar-refractivity contribution in [1.82, 2.24) is 19.8 Å². The molecule has 9 heteroatoms. The minimum Gasteiger partial charge on any atom is -0.361 e. The first-order valence-electron chi connectivity index (χ1n) is 11.4.